The summed E-state index contributed by atoms with van der Waals surface area (Å²) in [6, 6.07) is 4.52. The number of nitrogens with one attached hydrogen (secondary N) is 2. The van der Waals surface area contributed by atoms with Gasteiger partial charge in [-0.15, -0.1) is 5.10 Å². The highest BCUT2D eigenvalue weighted by atomic mass is 35.5. The summed E-state index contributed by atoms with van der Waals surface area (Å²) < 4.78 is 38.4. The van der Waals surface area contributed by atoms with Crippen LogP contribution in [-0.2, 0) is 15.7 Å². The lowest BCUT2D eigenvalue weighted by atomic mass is 10.0. The van der Waals surface area contributed by atoms with E-state index in [0.29, 0.717) is 16.9 Å². The van der Waals surface area contributed by atoms with Crippen LogP contribution in [0.15, 0.2) is 30.5 Å². The molecule has 13 heteroatoms. The standard InChI is InChI=1S/C15H18Cl2FN5O4S/c1-8(21-28(26)27)12-7-23(22-20-12)10-4-2-9(3-5-10)13(24)11(6-18)19-15(25)14(16)17/h2-5,7-8,11,13-14,24,28H,6H2,1H3,(H,19,25)(H,21,26,27)/t8?,11-,13-/m1/s1. The molecule has 1 aromatic heterocycles. The molecule has 28 heavy (non-hydrogen) atoms. The van der Waals surface area contributed by atoms with E-state index in [0.717, 1.165) is 0 Å². The van der Waals surface area contributed by atoms with E-state index < -0.39 is 46.5 Å². The summed E-state index contributed by atoms with van der Waals surface area (Å²) in [5, 5.41) is 20.3. The Morgan fingerprint density at radius 3 is 2.50 bits per heavy atom. The number of rotatable bonds is 9. The Kier molecular flexibility index (Phi) is 8.13. The molecule has 0 saturated carbocycles. The van der Waals surface area contributed by atoms with Crippen molar-refractivity contribution in [2.24, 2.45) is 0 Å². The summed E-state index contributed by atoms with van der Waals surface area (Å²) >= 11 is 10.8. The summed E-state index contributed by atoms with van der Waals surface area (Å²) in [7, 11) is -2.77. The minimum atomic E-state index is -2.77. The second-order valence-corrected chi connectivity index (χ2v) is 7.67. The molecule has 0 aliphatic carbocycles. The number of aliphatic hydroxyl groups is 1. The van der Waals surface area contributed by atoms with Crippen molar-refractivity contribution in [3.8, 4) is 5.69 Å². The fourth-order valence-electron chi connectivity index (χ4n) is 2.33. The van der Waals surface area contributed by atoms with Gasteiger partial charge in [-0.3, -0.25) is 4.79 Å². The zero-order chi connectivity index (χ0) is 20.8. The fraction of sp³-hybridized carbons (Fsp3) is 0.400. The van der Waals surface area contributed by atoms with Crippen molar-refractivity contribution in [1.29, 1.82) is 0 Å². The highest BCUT2D eigenvalue weighted by Crippen LogP contribution is 2.20. The number of amides is 1. The van der Waals surface area contributed by atoms with Gasteiger partial charge in [0.2, 0.25) is 10.9 Å². The third-order valence-electron chi connectivity index (χ3n) is 3.83. The van der Waals surface area contributed by atoms with E-state index in [4.69, 9.17) is 23.2 Å². The zero-order valence-electron chi connectivity index (χ0n) is 14.5. The van der Waals surface area contributed by atoms with Crippen molar-refractivity contribution >= 4 is 40.0 Å². The van der Waals surface area contributed by atoms with Crippen molar-refractivity contribution < 1.29 is 22.7 Å². The molecule has 0 fully saturated rings. The number of hydrogen-bond donors (Lipinski definition) is 4. The molecule has 2 aromatic rings. The number of carbonyl (C=O) groups excluding carboxylic acids is 1. The Morgan fingerprint density at radius 1 is 1.32 bits per heavy atom. The highest BCUT2D eigenvalue weighted by molar-refractivity contribution is 7.70. The van der Waals surface area contributed by atoms with Gasteiger partial charge in [-0.2, -0.15) is 0 Å². The van der Waals surface area contributed by atoms with Gasteiger partial charge in [0.15, 0.2) is 4.84 Å². The highest BCUT2D eigenvalue weighted by Gasteiger charge is 2.25. The number of halogens is 3. The number of hydrogen-bond acceptors (Lipinski definition) is 6. The monoisotopic (exact) mass is 453 g/mol. The van der Waals surface area contributed by atoms with E-state index in [-0.39, 0.29) is 0 Å². The molecule has 1 aromatic carbocycles. The number of benzene rings is 1. The van der Waals surface area contributed by atoms with Gasteiger partial charge >= 0.3 is 0 Å². The Bertz CT molecular complexity index is 870. The van der Waals surface area contributed by atoms with Crippen molar-refractivity contribution in [2.75, 3.05) is 6.67 Å². The second-order valence-electron chi connectivity index (χ2n) is 5.80. The topological polar surface area (TPSA) is 126 Å². The third-order valence-corrected chi connectivity index (χ3v) is 4.82. The van der Waals surface area contributed by atoms with Crippen LogP contribution in [0.2, 0.25) is 0 Å². The van der Waals surface area contributed by atoms with Crippen LogP contribution in [0.25, 0.3) is 5.69 Å². The first-order valence-electron chi connectivity index (χ1n) is 7.98. The number of alkyl halides is 3. The van der Waals surface area contributed by atoms with Crippen molar-refractivity contribution in [3.63, 3.8) is 0 Å². The molecule has 1 unspecified atom stereocenters. The van der Waals surface area contributed by atoms with Gasteiger partial charge in [-0.1, -0.05) is 40.5 Å². The number of aliphatic hydroxyl groups excluding tert-OH is 1. The maximum atomic E-state index is 13.2. The molecule has 0 aliphatic rings. The van der Waals surface area contributed by atoms with Crippen LogP contribution in [0.1, 0.15) is 30.3 Å². The van der Waals surface area contributed by atoms with E-state index >= 15 is 0 Å². The van der Waals surface area contributed by atoms with E-state index in [1.54, 1.807) is 25.3 Å². The third kappa shape index (κ3) is 5.85. The average molecular weight is 454 g/mol. The summed E-state index contributed by atoms with van der Waals surface area (Å²) in [5.41, 5.74) is 1.35. The lowest BCUT2D eigenvalue weighted by molar-refractivity contribution is -0.121. The molecule has 0 saturated heterocycles. The molecule has 3 N–H and O–H groups in total. The van der Waals surface area contributed by atoms with E-state index in [1.165, 1.54) is 16.8 Å². The number of carbonyl (C=O) groups is 1. The van der Waals surface area contributed by atoms with Gasteiger partial charge in [0, 0.05) is 0 Å². The lowest BCUT2D eigenvalue weighted by Crippen LogP contribution is -2.43. The van der Waals surface area contributed by atoms with Gasteiger partial charge in [0.1, 0.15) is 18.5 Å². The van der Waals surface area contributed by atoms with Crippen LogP contribution >= 0.6 is 23.2 Å². The van der Waals surface area contributed by atoms with Gasteiger partial charge in [0.05, 0.1) is 24.0 Å². The fourth-order valence-corrected chi connectivity index (χ4v) is 2.90. The molecule has 0 spiro atoms. The van der Waals surface area contributed by atoms with Crippen LogP contribution in [-0.4, -0.2) is 52.0 Å². The van der Waals surface area contributed by atoms with Crippen molar-refractivity contribution in [1.82, 2.24) is 25.0 Å². The molecular weight excluding hydrogens is 436 g/mol. The van der Waals surface area contributed by atoms with Crippen LogP contribution in [0.5, 0.6) is 0 Å². The van der Waals surface area contributed by atoms with Crippen LogP contribution < -0.4 is 10.0 Å². The van der Waals surface area contributed by atoms with Crippen molar-refractivity contribution in [3.05, 3.63) is 41.7 Å². The van der Waals surface area contributed by atoms with E-state index in [2.05, 4.69) is 20.4 Å². The Hall–Kier alpha value is -1.79. The molecule has 9 nitrogen and oxygen atoms in total. The maximum absolute atomic E-state index is 13.2. The molecule has 0 bridgehead atoms. The van der Waals surface area contributed by atoms with Gasteiger partial charge in [-0.25, -0.2) is 22.2 Å². The normalized spacial score (nSPS) is 14.8. The average Bonchev–Trinajstić information content (AvgIpc) is 3.15. The first-order chi connectivity index (χ1) is 13.2. The molecule has 154 valence electrons. The van der Waals surface area contributed by atoms with Gasteiger partial charge < -0.3 is 10.4 Å². The van der Waals surface area contributed by atoms with Gasteiger partial charge in [0.25, 0.3) is 5.91 Å². The molecular formula is C15H18Cl2FN5O4S. The molecule has 3 atom stereocenters. The minimum Gasteiger partial charge on any atom is -0.386 e. The quantitative estimate of drug-likeness (QED) is 0.327. The van der Waals surface area contributed by atoms with Crippen LogP contribution in [0.4, 0.5) is 4.39 Å². The predicted molar refractivity (Wildman–Crippen MR) is 102 cm³/mol. The number of nitrogens with zero attached hydrogens (tertiary/aromatic N) is 3. The second kappa shape index (κ2) is 10.1. The Morgan fingerprint density at radius 2 is 1.96 bits per heavy atom. The smallest absolute Gasteiger partial charge is 0.253 e. The molecule has 0 radical (unpaired) electrons. The minimum absolute atomic E-state index is 0.353. The zero-order valence-corrected chi connectivity index (χ0v) is 16.9. The van der Waals surface area contributed by atoms with Crippen molar-refractivity contribution in [2.45, 2.75) is 29.9 Å². The van der Waals surface area contributed by atoms with E-state index in [9.17, 15) is 22.7 Å². The summed E-state index contributed by atoms with van der Waals surface area (Å²) in [6.45, 7) is 0.602. The first-order valence-corrected chi connectivity index (χ1v) is 10.0. The van der Waals surface area contributed by atoms with Crippen LogP contribution in [0, 0.1) is 0 Å². The predicted octanol–water partition coefficient (Wildman–Crippen LogP) is 0.736. The maximum Gasteiger partial charge on any atom is 0.253 e. The summed E-state index contributed by atoms with van der Waals surface area (Å²) in [4.78, 5) is 10.1. The number of thiol groups is 1. The van der Waals surface area contributed by atoms with E-state index in [1.807, 2.05) is 0 Å². The first kappa shape index (κ1) is 22.5. The SMILES string of the molecule is CC(N[SH](=O)=O)c1cn(-c2ccc([C@@H](O)[C@@H](CF)NC(=O)C(Cl)Cl)cc2)nn1. The summed E-state index contributed by atoms with van der Waals surface area (Å²) in [6.07, 6.45) is 0.229. The Balaban J connectivity index is 2.12. The van der Waals surface area contributed by atoms with Crippen LogP contribution in [0.3, 0.4) is 0 Å². The molecule has 1 heterocycles. The molecule has 0 aliphatic heterocycles. The van der Waals surface area contributed by atoms with Gasteiger partial charge in [-0.05, 0) is 24.6 Å². The Labute approximate surface area is 171 Å². The largest absolute Gasteiger partial charge is 0.386 e. The molecule has 1 amide bonds. The number of aromatic nitrogens is 3. The summed E-state index contributed by atoms with van der Waals surface area (Å²) in [5.74, 6) is -0.806. The molecule has 2 rings (SSSR count). The lowest BCUT2D eigenvalue weighted by Gasteiger charge is -2.22.